The van der Waals surface area contributed by atoms with E-state index in [9.17, 15) is 14.4 Å². The van der Waals surface area contributed by atoms with Crippen LogP contribution >= 0.6 is 22.9 Å². The van der Waals surface area contributed by atoms with Gasteiger partial charge in [0.2, 0.25) is 0 Å². The van der Waals surface area contributed by atoms with Gasteiger partial charge in [-0.1, -0.05) is 48.0 Å². The summed E-state index contributed by atoms with van der Waals surface area (Å²) in [6.45, 7) is -0.0934. The van der Waals surface area contributed by atoms with Gasteiger partial charge in [-0.2, -0.15) is 0 Å². The Bertz CT molecular complexity index is 1350. The van der Waals surface area contributed by atoms with E-state index in [0.29, 0.717) is 33.5 Å². The van der Waals surface area contributed by atoms with Gasteiger partial charge in [0.15, 0.2) is 6.61 Å². The highest BCUT2D eigenvalue weighted by Crippen LogP contribution is 2.31. The second-order valence-corrected chi connectivity index (χ2v) is 8.54. The van der Waals surface area contributed by atoms with E-state index in [1.807, 2.05) is 17.5 Å². The smallest absolute Gasteiger partial charge is 0.356 e. The number of aromatic nitrogens is 1. The molecule has 6 nitrogen and oxygen atoms in total. The van der Waals surface area contributed by atoms with Crippen LogP contribution in [0.5, 0.6) is 0 Å². The maximum absolute atomic E-state index is 13.1. The number of carbonyl (C=O) groups is 2. The van der Waals surface area contributed by atoms with E-state index in [2.05, 4.69) is 5.32 Å². The minimum absolute atomic E-state index is 0.0714. The van der Waals surface area contributed by atoms with Crippen molar-refractivity contribution in [3.05, 3.63) is 92.0 Å². The molecule has 2 heterocycles. The van der Waals surface area contributed by atoms with Crippen LogP contribution in [0.1, 0.15) is 15.4 Å². The first kappa shape index (κ1) is 21.8. The van der Waals surface area contributed by atoms with Crippen LogP contribution in [-0.2, 0) is 23.1 Å². The number of ether oxygens (including phenoxy) is 1. The summed E-state index contributed by atoms with van der Waals surface area (Å²) in [5.74, 6) is -1.18. The largest absolute Gasteiger partial charge is 0.451 e. The Morgan fingerprint density at radius 1 is 1.03 bits per heavy atom. The maximum atomic E-state index is 13.1. The molecule has 4 rings (SSSR count). The fourth-order valence-corrected chi connectivity index (χ4v) is 4.23. The van der Waals surface area contributed by atoms with Crippen molar-refractivity contribution in [2.24, 2.45) is 7.05 Å². The Morgan fingerprint density at radius 3 is 2.44 bits per heavy atom. The van der Waals surface area contributed by atoms with Crippen LogP contribution in [-0.4, -0.2) is 23.1 Å². The van der Waals surface area contributed by atoms with Crippen molar-refractivity contribution in [1.82, 2.24) is 9.88 Å². The fourth-order valence-electron chi connectivity index (χ4n) is 3.46. The third-order valence-electron chi connectivity index (χ3n) is 5.00. The zero-order chi connectivity index (χ0) is 22.7. The first-order chi connectivity index (χ1) is 15.5. The molecule has 0 aliphatic carbocycles. The molecule has 1 N–H and O–H groups in total. The molecule has 8 heteroatoms. The summed E-state index contributed by atoms with van der Waals surface area (Å²) in [5, 5.41) is 6.27. The normalized spacial score (nSPS) is 10.8. The van der Waals surface area contributed by atoms with Crippen LogP contribution in [0.3, 0.4) is 0 Å². The molecular weight excluding hydrogens is 448 g/mol. The molecule has 0 unspecified atom stereocenters. The molecule has 2 aromatic carbocycles. The molecule has 0 aliphatic heterocycles. The second-order valence-electron chi connectivity index (χ2n) is 7.07. The number of halogens is 1. The summed E-state index contributed by atoms with van der Waals surface area (Å²) in [4.78, 5) is 39.1. The van der Waals surface area contributed by atoms with E-state index >= 15 is 0 Å². The molecular formula is C24H19ClN2O4S. The molecule has 32 heavy (non-hydrogen) atoms. The molecule has 0 aliphatic rings. The standard InChI is InChI=1S/C24H19ClN2O4S/c1-27-22(24(30)31-14-20(28)26-13-17-5-4-12-32-17)21(15-8-10-16(25)11-9-15)18-6-2-3-7-19(18)23(27)29/h2-12H,13-14H2,1H3,(H,26,28). The van der Waals surface area contributed by atoms with Crippen molar-refractivity contribution >= 4 is 45.6 Å². The predicted molar refractivity (Wildman–Crippen MR) is 126 cm³/mol. The van der Waals surface area contributed by atoms with E-state index < -0.39 is 18.5 Å². The first-order valence-corrected chi connectivity index (χ1v) is 11.1. The van der Waals surface area contributed by atoms with E-state index in [-0.39, 0.29) is 11.3 Å². The number of amides is 1. The highest BCUT2D eigenvalue weighted by molar-refractivity contribution is 7.09. The first-order valence-electron chi connectivity index (χ1n) is 9.79. The van der Waals surface area contributed by atoms with Crippen molar-refractivity contribution in [3.8, 4) is 11.1 Å². The third kappa shape index (κ3) is 4.44. The number of hydrogen-bond donors (Lipinski definition) is 1. The summed E-state index contributed by atoms with van der Waals surface area (Å²) in [6.07, 6.45) is 0. The average Bonchev–Trinajstić information content (AvgIpc) is 3.33. The van der Waals surface area contributed by atoms with Gasteiger partial charge in [-0.05, 0) is 40.6 Å². The zero-order valence-corrected chi connectivity index (χ0v) is 18.7. The van der Waals surface area contributed by atoms with Gasteiger partial charge >= 0.3 is 5.97 Å². The summed E-state index contributed by atoms with van der Waals surface area (Å²) in [7, 11) is 1.52. The summed E-state index contributed by atoms with van der Waals surface area (Å²) >= 11 is 7.56. The summed E-state index contributed by atoms with van der Waals surface area (Å²) in [6, 6.07) is 17.8. The topological polar surface area (TPSA) is 77.4 Å². The van der Waals surface area contributed by atoms with Gasteiger partial charge in [0.05, 0.1) is 6.54 Å². The van der Waals surface area contributed by atoms with Crippen molar-refractivity contribution in [2.45, 2.75) is 6.54 Å². The van der Waals surface area contributed by atoms with E-state index in [4.69, 9.17) is 16.3 Å². The molecule has 0 radical (unpaired) electrons. The SMILES string of the molecule is Cn1c(C(=O)OCC(=O)NCc2cccs2)c(-c2ccc(Cl)cc2)c2ccccc2c1=O. The number of nitrogens with zero attached hydrogens (tertiary/aromatic N) is 1. The molecule has 0 spiro atoms. The Kier molecular flexibility index (Phi) is 6.39. The molecule has 4 aromatic rings. The number of fused-ring (bicyclic) bond motifs is 1. The Hall–Kier alpha value is -3.42. The van der Waals surface area contributed by atoms with Crippen LogP contribution in [0, 0.1) is 0 Å². The second kappa shape index (κ2) is 9.38. The van der Waals surface area contributed by atoms with E-state index in [1.165, 1.54) is 23.0 Å². The Balaban J connectivity index is 1.68. The van der Waals surface area contributed by atoms with Crippen molar-refractivity contribution < 1.29 is 14.3 Å². The minimum Gasteiger partial charge on any atom is -0.451 e. The molecule has 162 valence electrons. The number of hydrogen-bond acceptors (Lipinski definition) is 5. The lowest BCUT2D eigenvalue weighted by molar-refractivity contribution is -0.124. The quantitative estimate of drug-likeness (QED) is 0.427. The maximum Gasteiger partial charge on any atom is 0.356 e. The molecule has 0 fully saturated rings. The van der Waals surface area contributed by atoms with Gasteiger partial charge < -0.3 is 14.6 Å². The number of rotatable bonds is 6. The van der Waals surface area contributed by atoms with Gasteiger partial charge in [0, 0.05) is 27.9 Å². The minimum atomic E-state index is -0.758. The number of esters is 1. The number of pyridine rings is 1. The van der Waals surface area contributed by atoms with Crippen LogP contribution < -0.4 is 10.9 Å². The third-order valence-corrected chi connectivity index (χ3v) is 6.13. The highest BCUT2D eigenvalue weighted by atomic mass is 35.5. The zero-order valence-electron chi connectivity index (χ0n) is 17.1. The fraction of sp³-hybridized carbons (Fsp3) is 0.125. The van der Waals surface area contributed by atoms with Crippen molar-refractivity contribution in [1.29, 1.82) is 0 Å². The lowest BCUT2D eigenvalue weighted by atomic mass is 9.97. The van der Waals surface area contributed by atoms with Crippen LogP contribution in [0.2, 0.25) is 5.02 Å². The lowest BCUT2D eigenvalue weighted by Crippen LogP contribution is -2.30. The molecule has 0 saturated heterocycles. The van der Waals surface area contributed by atoms with Crippen LogP contribution in [0.15, 0.2) is 70.8 Å². The van der Waals surface area contributed by atoms with Crippen LogP contribution in [0.25, 0.3) is 21.9 Å². The number of nitrogens with one attached hydrogen (secondary N) is 1. The average molecular weight is 467 g/mol. The Labute approximate surface area is 193 Å². The molecule has 0 atom stereocenters. The molecule has 2 aromatic heterocycles. The highest BCUT2D eigenvalue weighted by Gasteiger charge is 2.23. The lowest BCUT2D eigenvalue weighted by Gasteiger charge is -2.16. The molecule has 0 bridgehead atoms. The van der Waals surface area contributed by atoms with Crippen molar-refractivity contribution in [2.75, 3.05) is 6.61 Å². The monoisotopic (exact) mass is 466 g/mol. The van der Waals surface area contributed by atoms with Gasteiger partial charge in [0.25, 0.3) is 11.5 Å². The number of benzene rings is 2. The van der Waals surface area contributed by atoms with Gasteiger partial charge in [-0.3, -0.25) is 9.59 Å². The number of thiophene rings is 1. The summed E-state index contributed by atoms with van der Waals surface area (Å²) < 4.78 is 6.56. The van der Waals surface area contributed by atoms with Gasteiger partial charge in [-0.15, -0.1) is 11.3 Å². The molecule has 1 amide bonds. The van der Waals surface area contributed by atoms with Gasteiger partial charge in [0.1, 0.15) is 5.69 Å². The summed E-state index contributed by atoms with van der Waals surface area (Å²) in [5.41, 5.74) is 0.994. The van der Waals surface area contributed by atoms with Gasteiger partial charge in [-0.25, -0.2) is 4.79 Å². The number of carbonyl (C=O) groups excluding carboxylic acids is 2. The molecule has 0 saturated carbocycles. The predicted octanol–water partition coefficient (Wildman–Crippen LogP) is 4.39. The Morgan fingerprint density at radius 2 is 1.75 bits per heavy atom. The van der Waals surface area contributed by atoms with Crippen molar-refractivity contribution in [3.63, 3.8) is 0 Å². The van der Waals surface area contributed by atoms with E-state index in [1.54, 1.807) is 48.5 Å². The van der Waals surface area contributed by atoms with E-state index in [0.717, 1.165) is 4.88 Å². The van der Waals surface area contributed by atoms with Crippen LogP contribution in [0.4, 0.5) is 0 Å².